The minimum atomic E-state index is -1.03. The third-order valence-corrected chi connectivity index (χ3v) is 6.27. The number of hydrogen-bond donors (Lipinski definition) is 1. The number of pyridine rings is 1. The van der Waals surface area contributed by atoms with Crippen molar-refractivity contribution in [3.05, 3.63) is 58.7 Å². The molecule has 0 radical (unpaired) electrons. The number of ether oxygens (including phenoxy) is 2. The summed E-state index contributed by atoms with van der Waals surface area (Å²) < 4.78 is 42.7. The van der Waals surface area contributed by atoms with Gasteiger partial charge in [0.2, 0.25) is 0 Å². The zero-order valence-electron chi connectivity index (χ0n) is 22.0. The second kappa shape index (κ2) is 10.5. The molecular weight excluding hydrogens is 496 g/mol. The highest BCUT2D eigenvalue weighted by Gasteiger charge is 2.37. The molecule has 3 heterocycles. The molecule has 10 nitrogen and oxygen atoms in total. The molecule has 38 heavy (non-hydrogen) atoms. The number of allylic oxidation sites excluding steroid dienone is 1. The van der Waals surface area contributed by atoms with Crippen LogP contribution in [0.25, 0.3) is 11.3 Å². The molecule has 1 aliphatic rings. The van der Waals surface area contributed by atoms with Crippen molar-refractivity contribution in [2.75, 3.05) is 37.6 Å². The number of methoxy groups -OCH3 is 2. The van der Waals surface area contributed by atoms with E-state index in [4.69, 9.17) is 15.2 Å². The zero-order chi connectivity index (χ0) is 27.7. The summed E-state index contributed by atoms with van der Waals surface area (Å²) in [5.74, 6) is -2.58. The van der Waals surface area contributed by atoms with Crippen molar-refractivity contribution in [2.45, 2.75) is 20.4 Å². The molecule has 4 rings (SSSR count). The molecule has 2 amide bonds. The molecule has 0 spiro atoms. The molecule has 1 aromatic carbocycles. The van der Waals surface area contributed by atoms with E-state index in [-0.39, 0.29) is 24.6 Å². The van der Waals surface area contributed by atoms with Crippen LogP contribution in [0.5, 0.6) is 11.5 Å². The fraction of sp³-hybridized carbons (Fsp3) is 0.308. The second-order valence-corrected chi connectivity index (χ2v) is 8.81. The van der Waals surface area contributed by atoms with E-state index in [0.717, 1.165) is 22.2 Å². The van der Waals surface area contributed by atoms with Gasteiger partial charge in [0.1, 0.15) is 5.69 Å². The minimum Gasteiger partial charge on any atom is -0.493 e. The van der Waals surface area contributed by atoms with Gasteiger partial charge in [0.25, 0.3) is 0 Å². The van der Waals surface area contributed by atoms with Crippen LogP contribution in [0.4, 0.5) is 25.0 Å². The number of urea groups is 1. The molecule has 0 saturated carbocycles. The molecule has 200 valence electrons. The van der Waals surface area contributed by atoms with Gasteiger partial charge in [-0.15, -0.1) is 0 Å². The summed E-state index contributed by atoms with van der Waals surface area (Å²) in [5, 5.41) is 4.37. The van der Waals surface area contributed by atoms with E-state index in [2.05, 4.69) is 15.1 Å². The molecule has 12 heteroatoms. The van der Waals surface area contributed by atoms with Gasteiger partial charge >= 0.3 is 6.03 Å². The lowest BCUT2D eigenvalue weighted by atomic mass is 10.0. The maximum absolute atomic E-state index is 15.4. The lowest BCUT2D eigenvalue weighted by molar-refractivity contribution is 0.250. The molecule has 0 aliphatic carbocycles. The zero-order valence-corrected chi connectivity index (χ0v) is 22.0. The number of hydrogen-bond acceptors (Lipinski definition) is 7. The highest BCUT2D eigenvalue weighted by Crippen LogP contribution is 2.41. The van der Waals surface area contributed by atoms with E-state index in [9.17, 15) is 4.79 Å². The number of benzene rings is 1. The van der Waals surface area contributed by atoms with Gasteiger partial charge in [-0.25, -0.2) is 13.6 Å². The molecule has 0 saturated heterocycles. The first kappa shape index (κ1) is 26.6. The summed E-state index contributed by atoms with van der Waals surface area (Å²) in [4.78, 5) is 25.0. The maximum atomic E-state index is 15.4. The highest BCUT2D eigenvalue weighted by molar-refractivity contribution is 6.07. The molecule has 0 fully saturated rings. The number of fused-ring (bicyclic) bond motifs is 1. The third-order valence-electron chi connectivity index (χ3n) is 6.27. The van der Waals surface area contributed by atoms with Crippen LogP contribution < -0.4 is 25.0 Å². The van der Waals surface area contributed by atoms with Crippen LogP contribution in [-0.2, 0) is 13.6 Å². The molecule has 0 atom stereocenters. The van der Waals surface area contributed by atoms with Crippen LogP contribution in [0.2, 0.25) is 0 Å². The van der Waals surface area contributed by atoms with Crippen molar-refractivity contribution in [3.8, 4) is 22.8 Å². The Kier molecular flexibility index (Phi) is 7.33. The van der Waals surface area contributed by atoms with Gasteiger partial charge in [-0.05, 0) is 19.9 Å². The number of carbonyl (C=O) groups excluding carboxylic acids is 1. The monoisotopic (exact) mass is 525 g/mol. The molecular formula is C26H29F2N7O3. The van der Waals surface area contributed by atoms with Crippen molar-refractivity contribution < 1.29 is 23.0 Å². The molecule has 3 aromatic rings. The van der Waals surface area contributed by atoms with Gasteiger partial charge in [-0.2, -0.15) is 5.10 Å². The Balaban J connectivity index is 1.92. The Morgan fingerprint density at radius 3 is 2.39 bits per heavy atom. The summed E-state index contributed by atoms with van der Waals surface area (Å²) in [7, 11) is 5.88. The number of rotatable bonds is 7. The van der Waals surface area contributed by atoms with E-state index in [1.54, 1.807) is 44.2 Å². The fourth-order valence-corrected chi connectivity index (χ4v) is 4.36. The predicted octanol–water partition coefficient (Wildman–Crippen LogP) is 3.97. The smallest absolute Gasteiger partial charge is 0.329 e. The minimum absolute atomic E-state index is 0.00181. The van der Waals surface area contributed by atoms with Gasteiger partial charge in [-0.3, -0.25) is 24.5 Å². The number of aromatic nitrogens is 3. The number of halogens is 2. The van der Waals surface area contributed by atoms with E-state index in [1.165, 1.54) is 19.1 Å². The van der Waals surface area contributed by atoms with Crippen LogP contribution in [0, 0.1) is 18.6 Å². The molecule has 2 N–H and O–H groups in total. The Hall–Kier alpha value is -4.48. The standard InChI is InChI=1S/C26H29F2N7O3/c1-14(29)16(9-30-3)11-34-20-7-19(18-13-33(4)32-15(18)2)31-10-17(20)12-35(26(34)36)25-23(27)21(37-5)8-22(38-6)24(25)28/h7-10,13H,11-12,29H2,1-6H3. The molecule has 1 aliphatic heterocycles. The van der Waals surface area contributed by atoms with Crippen LogP contribution >= 0.6 is 0 Å². The number of amides is 2. The van der Waals surface area contributed by atoms with Crippen molar-refractivity contribution in [1.29, 1.82) is 0 Å². The number of nitrogens with two attached hydrogens (primary N) is 1. The van der Waals surface area contributed by atoms with Crippen molar-refractivity contribution in [2.24, 2.45) is 17.8 Å². The average molecular weight is 526 g/mol. The number of anilines is 2. The summed E-state index contributed by atoms with van der Waals surface area (Å²) in [6.07, 6.45) is 4.96. The largest absolute Gasteiger partial charge is 0.493 e. The van der Waals surface area contributed by atoms with E-state index in [0.29, 0.717) is 28.2 Å². The van der Waals surface area contributed by atoms with Crippen LogP contribution in [0.1, 0.15) is 18.2 Å². The number of carbonyl (C=O) groups is 1. The van der Waals surface area contributed by atoms with Crippen molar-refractivity contribution >= 4 is 23.6 Å². The maximum Gasteiger partial charge on any atom is 0.329 e. The first-order valence-electron chi connectivity index (χ1n) is 11.7. The number of aryl methyl sites for hydroxylation is 2. The Morgan fingerprint density at radius 1 is 1.21 bits per heavy atom. The van der Waals surface area contributed by atoms with Crippen LogP contribution in [0.3, 0.4) is 0 Å². The third kappa shape index (κ3) is 4.64. The highest BCUT2D eigenvalue weighted by atomic mass is 19.1. The van der Waals surface area contributed by atoms with E-state index < -0.39 is 23.4 Å². The van der Waals surface area contributed by atoms with Gasteiger partial charge < -0.3 is 15.2 Å². The van der Waals surface area contributed by atoms with Gasteiger partial charge in [0, 0.05) is 61.2 Å². The normalized spacial score (nSPS) is 14.2. The second-order valence-electron chi connectivity index (χ2n) is 8.81. The van der Waals surface area contributed by atoms with E-state index >= 15 is 8.78 Å². The first-order valence-corrected chi connectivity index (χ1v) is 11.7. The number of nitrogens with zero attached hydrogens (tertiary/aromatic N) is 6. The summed E-state index contributed by atoms with van der Waals surface area (Å²) in [6.45, 7) is 3.41. The fourth-order valence-electron chi connectivity index (χ4n) is 4.36. The van der Waals surface area contributed by atoms with Crippen molar-refractivity contribution in [3.63, 3.8) is 0 Å². The van der Waals surface area contributed by atoms with Gasteiger partial charge in [0.15, 0.2) is 23.1 Å². The Morgan fingerprint density at radius 2 is 1.87 bits per heavy atom. The predicted molar refractivity (Wildman–Crippen MR) is 141 cm³/mol. The lowest BCUT2D eigenvalue weighted by Gasteiger charge is -2.37. The van der Waals surface area contributed by atoms with Gasteiger partial charge in [-0.1, -0.05) is 0 Å². The quantitative estimate of drug-likeness (QED) is 0.468. The van der Waals surface area contributed by atoms with Crippen molar-refractivity contribution in [1.82, 2.24) is 14.8 Å². The number of aliphatic imine (C=N–C) groups is 1. The van der Waals surface area contributed by atoms with E-state index in [1.807, 2.05) is 13.1 Å². The lowest BCUT2D eigenvalue weighted by Crippen LogP contribution is -2.49. The summed E-state index contributed by atoms with van der Waals surface area (Å²) in [6, 6.07) is 2.18. The molecule has 0 unspecified atom stereocenters. The van der Waals surface area contributed by atoms with Gasteiger partial charge in [0.05, 0.1) is 44.4 Å². The topological polar surface area (TPSA) is 111 Å². The first-order chi connectivity index (χ1) is 18.1. The summed E-state index contributed by atoms with van der Waals surface area (Å²) >= 11 is 0. The average Bonchev–Trinajstić information content (AvgIpc) is 3.23. The molecule has 2 aromatic heterocycles. The Bertz CT molecular complexity index is 1430. The SMILES string of the molecule is CN=CC(CN1C(=O)N(c2c(F)c(OC)cc(OC)c2F)Cc2cnc(-c3cn(C)nc3C)cc21)=C(C)N. The summed E-state index contributed by atoms with van der Waals surface area (Å²) in [5.41, 5.74) is 9.74. The van der Waals surface area contributed by atoms with Crippen LogP contribution in [0.15, 0.2) is 40.8 Å². The molecule has 0 bridgehead atoms. The Labute approximate surface area is 219 Å². The van der Waals surface area contributed by atoms with Crippen LogP contribution in [-0.4, -0.2) is 54.8 Å².